The van der Waals surface area contributed by atoms with Crippen LogP contribution in [0.15, 0.2) is 42.7 Å². The van der Waals surface area contributed by atoms with Gasteiger partial charge in [0.1, 0.15) is 5.75 Å². The van der Waals surface area contributed by atoms with Gasteiger partial charge in [-0.1, -0.05) is 24.8 Å². The van der Waals surface area contributed by atoms with E-state index in [9.17, 15) is 4.57 Å². The maximum atomic E-state index is 11.6. The normalized spacial score (nSPS) is 14.5. The fourth-order valence-electron chi connectivity index (χ4n) is 0.777. The van der Waals surface area contributed by atoms with Crippen LogP contribution in [0.2, 0.25) is 0 Å². The third-order valence-corrected chi connectivity index (χ3v) is 2.88. The largest absolute Gasteiger partial charge is 0.422 e. The number of para-hydroxylation sites is 1. The van der Waals surface area contributed by atoms with Crippen LogP contribution in [-0.4, -0.2) is 7.11 Å². The van der Waals surface area contributed by atoms with E-state index in [1.807, 2.05) is 6.07 Å². The molecule has 0 aromatic heterocycles. The van der Waals surface area contributed by atoms with Crippen LogP contribution in [0.25, 0.3) is 0 Å². The molecule has 0 amide bonds. The lowest BCUT2D eigenvalue weighted by atomic mass is 10.3. The average Bonchev–Trinajstić information content (AvgIpc) is 2.19. The standard InChI is InChI=1S/C9H11O3P/c1-3-13(10,11-2)12-9-7-5-4-6-8-9/h3-8H,1H2,2H3. The highest BCUT2D eigenvalue weighted by molar-refractivity contribution is 7.57. The molecule has 0 heterocycles. The van der Waals surface area contributed by atoms with Crippen molar-refractivity contribution in [2.75, 3.05) is 7.11 Å². The Bertz CT molecular complexity index is 321. The van der Waals surface area contributed by atoms with Crippen LogP contribution >= 0.6 is 7.60 Å². The molecule has 1 atom stereocenters. The van der Waals surface area contributed by atoms with Gasteiger partial charge in [0.2, 0.25) is 0 Å². The predicted molar refractivity (Wildman–Crippen MR) is 51.9 cm³/mol. The summed E-state index contributed by atoms with van der Waals surface area (Å²) in [6.45, 7) is 3.39. The second-order valence-corrected chi connectivity index (χ2v) is 4.30. The van der Waals surface area contributed by atoms with Crippen molar-refractivity contribution in [1.82, 2.24) is 0 Å². The van der Waals surface area contributed by atoms with Crippen molar-refractivity contribution in [3.05, 3.63) is 42.7 Å². The van der Waals surface area contributed by atoms with Crippen molar-refractivity contribution in [2.45, 2.75) is 0 Å². The van der Waals surface area contributed by atoms with Gasteiger partial charge in [0, 0.05) is 12.9 Å². The van der Waals surface area contributed by atoms with Gasteiger partial charge < -0.3 is 9.05 Å². The summed E-state index contributed by atoms with van der Waals surface area (Å²) < 4.78 is 21.4. The summed E-state index contributed by atoms with van der Waals surface area (Å²) in [6, 6.07) is 8.83. The highest BCUT2D eigenvalue weighted by Crippen LogP contribution is 2.48. The first-order chi connectivity index (χ1) is 6.20. The number of hydrogen-bond acceptors (Lipinski definition) is 3. The fourth-order valence-corrected chi connectivity index (χ4v) is 1.49. The molecule has 0 N–H and O–H groups in total. The molecule has 1 unspecified atom stereocenters. The predicted octanol–water partition coefficient (Wildman–Crippen LogP) is 3.05. The average molecular weight is 198 g/mol. The van der Waals surface area contributed by atoms with Crippen molar-refractivity contribution in [3.8, 4) is 5.75 Å². The van der Waals surface area contributed by atoms with E-state index in [0.29, 0.717) is 5.75 Å². The van der Waals surface area contributed by atoms with Crippen molar-refractivity contribution in [3.63, 3.8) is 0 Å². The molecule has 1 rings (SSSR count). The van der Waals surface area contributed by atoms with E-state index in [0.717, 1.165) is 0 Å². The zero-order valence-corrected chi connectivity index (χ0v) is 8.24. The van der Waals surface area contributed by atoms with Gasteiger partial charge in [-0.25, -0.2) is 4.57 Å². The molecule has 4 heteroatoms. The van der Waals surface area contributed by atoms with E-state index in [4.69, 9.17) is 9.05 Å². The van der Waals surface area contributed by atoms with Gasteiger partial charge in [0.25, 0.3) is 0 Å². The maximum absolute atomic E-state index is 11.6. The SMILES string of the molecule is C=CP(=O)(OC)Oc1ccccc1. The van der Waals surface area contributed by atoms with E-state index in [2.05, 4.69) is 6.58 Å². The summed E-state index contributed by atoms with van der Waals surface area (Å²) in [7, 11) is -1.81. The van der Waals surface area contributed by atoms with Gasteiger partial charge in [-0.3, -0.25) is 0 Å². The van der Waals surface area contributed by atoms with Crippen LogP contribution in [0.1, 0.15) is 0 Å². The Hall–Kier alpha value is -1.05. The maximum Gasteiger partial charge on any atom is 0.402 e. The van der Waals surface area contributed by atoms with Crippen LogP contribution < -0.4 is 4.52 Å². The summed E-state index contributed by atoms with van der Waals surface area (Å²) >= 11 is 0. The van der Waals surface area contributed by atoms with Crippen molar-refractivity contribution in [1.29, 1.82) is 0 Å². The first kappa shape index (κ1) is 10.0. The molecule has 0 aliphatic carbocycles. The molecular formula is C9H11O3P. The molecule has 70 valence electrons. The zero-order valence-electron chi connectivity index (χ0n) is 7.34. The molecule has 0 radical (unpaired) electrons. The third kappa shape index (κ3) is 2.72. The number of rotatable bonds is 4. The summed E-state index contributed by atoms with van der Waals surface area (Å²) in [5.41, 5.74) is 0. The molecule has 1 aromatic rings. The molecule has 0 bridgehead atoms. The molecular weight excluding hydrogens is 187 g/mol. The molecule has 3 nitrogen and oxygen atoms in total. The van der Waals surface area contributed by atoms with Crippen molar-refractivity contribution >= 4 is 7.60 Å². The van der Waals surface area contributed by atoms with E-state index in [1.165, 1.54) is 12.9 Å². The number of benzene rings is 1. The Kier molecular flexibility index (Phi) is 3.29. The van der Waals surface area contributed by atoms with Crippen molar-refractivity contribution in [2.24, 2.45) is 0 Å². The fraction of sp³-hybridized carbons (Fsp3) is 0.111. The summed E-state index contributed by atoms with van der Waals surface area (Å²) in [5, 5.41) is 0. The first-order valence-corrected chi connectivity index (χ1v) is 5.35. The van der Waals surface area contributed by atoms with E-state index >= 15 is 0 Å². The molecule has 0 aliphatic rings. The summed E-state index contributed by atoms with van der Waals surface area (Å²) in [5.74, 6) is 1.69. The van der Waals surface area contributed by atoms with Gasteiger partial charge in [-0.15, -0.1) is 0 Å². The Labute approximate surface area is 77.5 Å². The van der Waals surface area contributed by atoms with Crippen molar-refractivity contribution < 1.29 is 13.6 Å². The van der Waals surface area contributed by atoms with Gasteiger partial charge in [0.15, 0.2) is 0 Å². The van der Waals surface area contributed by atoms with Crippen LogP contribution in [0.3, 0.4) is 0 Å². The monoisotopic (exact) mass is 198 g/mol. The van der Waals surface area contributed by atoms with Crippen LogP contribution in [0, 0.1) is 0 Å². The molecule has 0 fully saturated rings. The minimum Gasteiger partial charge on any atom is -0.422 e. The topological polar surface area (TPSA) is 35.5 Å². The van der Waals surface area contributed by atoms with Crippen LogP contribution in [-0.2, 0) is 9.09 Å². The van der Waals surface area contributed by atoms with Gasteiger partial charge >= 0.3 is 7.60 Å². The Morgan fingerprint density at radius 3 is 2.46 bits per heavy atom. The lowest BCUT2D eigenvalue weighted by Gasteiger charge is -2.12. The molecule has 0 saturated carbocycles. The van der Waals surface area contributed by atoms with E-state index in [-0.39, 0.29) is 0 Å². The third-order valence-electron chi connectivity index (χ3n) is 1.45. The molecule has 0 spiro atoms. The molecule has 13 heavy (non-hydrogen) atoms. The highest BCUT2D eigenvalue weighted by atomic mass is 31.2. The van der Waals surface area contributed by atoms with E-state index in [1.54, 1.807) is 24.3 Å². The Morgan fingerprint density at radius 2 is 2.00 bits per heavy atom. The minimum absolute atomic E-state index is 0.507. The lowest BCUT2D eigenvalue weighted by molar-refractivity contribution is 0.333. The zero-order chi connectivity index (χ0) is 9.73. The minimum atomic E-state index is -3.14. The molecule has 0 saturated heterocycles. The smallest absolute Gasteiger partial charge is 0.402 e. The van der Waals surface area contributed by atoms with Crippen LogP contribution in [0.4, 0.5) is 0 Å². The second kappa shape index (κ2) is 4.26. The Balaban J connectivity index is 2.80. The van der Waals surface area contributed by atoms with Gasteiger partial charge in [-0.2, -0.15) is 0 Å². The van der Waals surface area contributed by atoms with Crippen LogP contribution in [0.5, 0.6) is 5.75 Å². The van der Waals surface area contributed by atoms with Gasteiger partial charge in [-0.05, 0) is 12.1 Å². The summed E-state index contributed by atoms with van der Waals surface area (Å²) in [6.07, 6.45) is 0. The highest BCUT2D eigenvalue weighted by Gasteiger charge is 2.18. The second-order valence-electron chi connectivity index (χ2n) is 2.31. The quantitative estimate of drug-likeness (QED) is 0.697. The summed E-state index contributed by atoms with van der Waals surface area (Å²) in [4.78, 5) is 0. The first-order valence-electron chi connectivity index (χ1n) is 3.74. The van der Waals surface area contributed by atoms with E-state index < -0.39 is 7.60 Å². The molecule has 1 aromatic carbocycles. The lowest BCUT2D eigenvalue weighted by Crippen LogP contribution is -1.91. The number of hydrogen-bond donors (Lipinski definition) is 0. The Morgan fingerprint density at radius 1 is 1.38 bits per heavy atom. The molecule has 0 aliphatic heterocycles. The van der Waals surface area contributed by atoms with Gasteiger partial charge in [0.05, 0.1) is 0 Å².